The number of likely N-dealkylation sites (N-methyl/N-ethyl adjacent to an activating group) is 1. The lowest BCUT2D eigenvalue weighted by molar-refractivity contribution is -0.870. The van der Waals surface area contributed by atoms with Crippen LogP contribution in [0.3, 0.4) is 0 Å². The minimum atomic E-state index is -4.65. The number of hydrogen-bond donors (Lipinski definition) is 0. The Balaban J connectivity index is 4.05. The number of nitrogens with zero attached hydrogens (tertiary/aromatic N) is 1. The van der Waals surface area contributed by atoms with E-state index >= 15 is 0 Å². The SMILES string of the molecule is CC/C=C\C/C=C\C/C=C\C/C=C\C/C=C\C/C=C\C/C=C\C/C=C\C/C=C\CCCCCCCCCCCCCCCC(=O)OC(COC(=O)CCCCCCCCCCC/C=C\C/C=C\CCCCC)COP(=O)([O-])OCC[N+](C)(C)C. The molecule has 2 unspecified atom stereocenters. The number of phosphoric ester groups is 1. The zero-order chi connectivity index (χ0) is 61.2. The maximum Gasteiger partial charge on any atom is 0.306 e. The fourth-order valence-corrected chi connectivity index (χ4v) is 9.70. The van der Waals surface area contributed by atoms with Gasteiger partial charge in [0.15, 0.2) is 6.10 Å². The van der Waals surface area contributed by atoms with Crippen LogP contribution in [0.5, 0.6) is 0 Å². The summed E-state index contributed by atoms with van der Waals surface area (Å²) in [4.78, 5) is 38.0. The largest absolute Gasteiger partial charge is 0.756 e. The first-order valence-corrected chi connectivity index (χ1v) is 35.4. The zero-order valence-corrected chi connectivity index (χ0v) is 55.4. The van der Waals surface area contributed by atoms with Gasteiger partial charge in [-0.05, 0) is 116 Å². The van der Waals surface area contributed by atoms with Crippen LogP contribution in [-0.4, -0.2) is 70.0 Å². The maximum atomic E-state index is 12.8. The van der Waals surface area contributed by atoms with Gasteiger partial charge in [-0.25, -0.2) is 0 Å². The van der Waals surface area contributed by atoms with Gasteiger partial charge >= 0.3 is 11.9 Å². The van der Waals surface area contributed by atoms with Crippen LogP contribution in [0.25, 0.3) is 0 Å². The third kappa shape index (κ3) is 67.3. The molecule has 0 rings (SSSR count). The number of unbranched alkanes of at least 4 members (excludes halogenated alkanes) is 25. The van der Waals surface area contributed by atoms with Crippen LogP contribution in [0.1, 0.15) is 271 Å². The van der Waals surface area contributed by atoms with Crippen LogP contribution in [-0.2, 0) is 32.7 Å². The van der Waals surface area contributed by atoms with Crippen molar-refractivity contribution in [3.8, 4) is 0 Å². The Morgan fingerprint density at radius 2 is 0.679 bits per heavy atom. The molecule has 9 nitrogen and oxygen atoms in total. The lowest BCUT2D eigenvalue weighted by atomic mass is 10.0. The van der Waals surface area contributed by atoms with Crippen molar-refractivity contribution in [1.82, 2.24) is 0 Å². The molecule has 0 aliphatic carbocycles. The molecule has 0 saturated heterocycles. The summed E-state index contributed by atoms with van der Waals surface area (Å²) in [5.41, 5.74) is 0. The van der Waals surface area contributed by atoms with Crippen molar-refractivity contribution in [2.75, 3.05) is 47.5 Å². The summed E-state index contributed by atoms with van der Waals surface area (Å²) >= 11 is 0. The molecule has 2 atom stereocenters. The van der Waals surface area contributed by atoms with Gasteiger partial charge in [0.1, 0.15) is 19.8 Å². The molecular formula is C74H126NO8P. The molecule has 0 amide bonds. The summed E-state index contributed by atoms with van der Waals surface area (Å²) in [6.45, 7) is 4.10. The molecule has 0 aliphatic heterocycles. The Hall–Kier alpha value is -3.85. The molecule has 0 bridgehead atoms. The van der Waals surface area contributed by atoms with Gasteiger partial charge in [-0.1, -0.05) is 276 Å². The van der Waals surface area contributed by atoms with Crippen molar-refractivity contribution < 1.29 is 42.1 Å². The van der Waals surface area contributed by atoms with E-state index in [1.54, 1.807) is 0 Å². The van der Waals surface area contributed by atoms with E-state index in [9.17, 15) is 19.0 Å². The molecule has 0 heterocycles. The predicted molar refractivity (Wildman–Crippen MR) is 360 cm³/mol. The molecule has 10 heteroatoms. The average molecular weight is 1190 g/mol. The van der Waals surface area contributed by atoms with Crippen molar-refractivity contribution in [1.29, 1.82) is 0 Å². The van der Waals surface area contributed by atoms with Gasteiger partial charge in [0, 0.05) is 12.8 Å². The number of quaternary nitrogens is 1. The van der Waals surface area contributed by atoms with E-state index in [0.29, 0.717) is 17.4 Å². The average Bonchev–Trinajstić information content (AvgIpc) is 3.61. The highest BCUT2D eigenvalue weighted by atomic mass is 31.2. The Morgan fingerprint density at radius 1 is 0.381 bits per heavy atom. The summed E-state index contributed by atoms with van der Waals surface area (Å²) < 4.78 is 34.2. The summed E-state index contributed by atoms with van der Waals surface area (Å²) in [7, 11) is 1.15. The fourth-order valence-electron chi connectivity index (χ4n) is 8.97. The fraction of sp³-hybridized carbons (Fsp3) is 0.676. The maximum absolute atomic E-state index is 12.8. The minimum absolute atomic E-state index is 0.0365. The second-order valence-electron chi connectivity index (χ2n) is 23.5. The normalized spacial score (nSPS) is 14.0. The van der Waals surface area contributed by atoms with Crippen LogP contribution in [0.2, 0.25) is 0 Å². The van der Waals surface area contributed by atoms with E-state index in [1.165, 1.54) is 122 Å². The van der Waals surface area contributed by atoms with Gasteiger partial charge in [0.05, 0.1) is 27.7 Å². The molecule has 0 aromatic rings. The van der Waals surface area contributed by atoms with Gasteiger partial charge in [-0.15, -0.1) is 0 Å². The number of carbonyl (C=O) groups is 2. The topological polar surface area (TPSA) is 111 Å². The Morgan fingerprint density at radius 3 is 1.01 bits per heavy atom. The van der Waals surface area contributed by atoms with Gasteiger partial charge in [0.25, 0.3) is 7.82 Å². The number of phosphoric acid groups is 1. The number of ether oxygens (including phenoxy) is 2. The first-order chi connectivity index (χ1) is 41.0. The van der Waals surface area contributed by atoms with Crippen molar-refractivity contribution in [3.63, 3.8) is 0 Å². The van der Waals surface area contributed by atoms with Crippen LogP contribution < -0.4 is 4.89 Å². The molecule has 0 aromatic heterocycles. The number of carbonyl (C=O) groups excluding carboxylic acids is 2. The molecule has 0 spiro atoms. The molecule has 0 fully saturated rings. The Kier molecular flexibility index (Phi) is 60.7. The predicted octanol–water partition coefficient (Wildman–Crippen LogP) is 21.4. The van der Waals surface area contributed by atoms with Crippen molar-refractivity contribution in [2.24, 2.45) is 0 Å². The number of esters is 2. The standard InChI is InChI=1S/C74H126NO8P/c1-6-8-10-12-14-16-18-20-22-24-26-27-28-29-30-31-32-33-34-35-36-37-38-39-40-41-42-43-44-45-46-47-49-51-53-55-57-59-61-63-65-67-74(77)83-72(71-82-84(78,79)81-69-68-75(3,4)5)70-80-73(76)66-64-62-60-58-56-54-52-50-48-25-23-21-19-17-15-13-11-9-7-2/h8,10,14-17,20-23,26-27,29-30,32-33,35-36,38-39,41-42,72H,6-7,9,11-13,18-19,24-25,28,31,34,37,40,43-71H2,1-5H3/b10-8-,16-14-,17-15-,22-20-,23-21-,27-26-,30-29-,33-32-,36-35-,39-38-,42-41-. The molecule has 0 N–H and O–H groups in total. The van der Waals surface area contributed by atoms with Gasteiger partial charge in [-0.3, -0.25) is 14.2 Å². The minimum Gasteiger partial charge on any atom is -0.756 e. The highest BCUT2D eigenvalue weighted by Gasteiger charge is 2.22. The highest BCUT2D eigenvalue weighted by molar-refractivity contribution is 7.45. The van der Waals surface area contributed by atoms with Crippen LogP contribution in [0.15, 0.2) is 134 Å². The number of rotatable bonds is 61. The smallest absolute Gasteiger partial charge is 0.306 e. The quantitative estimate of drug-likeness (QED) is 0.0195. The van der Waals surface area contributed by atoms with Crippen molar-refractivity contribution in [2.45, 2.75) is 277 Å². The van der Waals surface area contributed by atoms with Crippen molar-refractivity contribution in [3.05, 3.63) is 134 Å². The molecule has 0 radical (unpaired) electrons. The second-order valence-corrected chi connectivity index (χ2v) is 24.9. The summed E-state index contributed by atoms with van der Waals surface area (Å²) in [5.74, 6) is -0.840. The van der Waals surface area contributed by atoms with E-state index in [2.05, 4.69) is 148 Å². The van der Waals surface area contributed by atoms with Gasteiger partial charge in [0.2, 0.25) is 0 Å². The molecule has 0 aromatic carbocycles. The first kappa shape index (κ1) is 80.2. The molecule has 0 aliphatic rings. The monoisotopic (exact) mass is 1190 g/mol. The Labute approximate surface area is 517 Å². The van der Waals surface area contributed by atoms with E-state index in [4.69, 9.17) is 18.5 Å². The first-order valence-electron chi connectivity index (χ1n) is 33.9. The lowest BCUT2D eigenvalue weighted by Gasteiger charge is -2.28. The van der Waals surface area contributed by atoms with Crippen LogP contribution >= 0.6 is 7.82 Å². The van der Waals surface area contributed by atoms with E-state index < -0.39 is 26.5 Å². The summed E-state index contributed by atoms with van der Waals surface area (Å²) in [6, 6.07) is 0. The molecule has 480 valence electrons. The van der Waals surface area contributed by atoms with E-state index in [1.807, 2.05) is 21.1 Å². The zero-order valence-electron chi connectivity index (χ0n) is 54.6. The van der Waals surface area contributed by atoms with Crippen LogP contribution in [0.4, 0.5) is 0 Å². The summed E-state index contributed by atoms with van der Waals surface area (Å²) in [5, 5.41) is 0. The molecular weight excluding hydrogens is 1060 g/mol. The van der Waals surface area contributed by atoms with E-state index in [0.717, 1.165) is 116 Å². The highest BCUT2D eigenvalue weighted by Crippen LogP contribution is 2.38. The van der Waals surface area contributed by atoms with Crippen molar-refractivity contribution >= 4 is 19.8 Å². The third-order valence-electron chi connectivity index (χ3n) is 14.2. The number of hydrogen-bond acceptors (Lipinski definition) is 8. The molecule has 0 saturated carbocycles. The second kappa shape index (κ2) is 63.6. The number of allylic oxidation sites excluding steroid dienone is 22. The van der Waals surface area contributed by atoms with Gasteiger partial charge < -0.3 is 27.9 Å². The lowest BCUT2D eigenvalue weighted by Crippen LogP contribution is -2.37. The summed E-state index contributed by atoms with van der Waals surface area (Å²) in [6.07, 6.45) is 92.3. The Bertz CT molecular complexity index is 1880. The molecule has 84 heavy (non-hydrogen) atoms. The third-order valence-corrected chi connectivity index (χ3v) is 15.1. The van der Waals surface area contributed by atoms with Gasteiger partial charge in [-0.2, -0.15) is 0 Å². The van der Waals surface area contributed by atoms with Crippen LogP contribution in [0, 0.1) is 0 Å². The van der Waals surface area contributed by atoms with E-state index in [-0.39, 0.29) is 32.0 Å².